The highest BCUT2D eigenvalue weighted by molar-refractivity contribution is 5.92. The predicted octanol–water partition coefficient (Wildman–Crippen LogP) is 3.32. The number of fused-ring (bicyclic) bond motifs is 4. The molecule has 31 heavy (non-hydrogen) atoms. The second-order valence-corrected chi connectivity index (χ2v) is 8.02. The molecule has 7 heteroatoms. The van der Waals surface area contributed by atoms with Crippen LogP contribution in [0.5, 0.6) is 5.75 Å². The summed E-state index contributed by atoms with van der Waals surface area (Å²) in [7, 11) is 1.68. The quantitative estimate of drug-likeness (QED) is 0.813. The number of hydrogen-bond acceptors (Lipinski definition) is 6. The molecule has 1 aromatic heterocycles. The fourth-order valence-electron chi connectivity index (χ4n) is 4.68. The maximum absolute atomic E-state index is 12.9. The van der Waals surface area contributed by atoms with Gasteiger partial charge in [-0.1, -0.05) is 12.2 Å². The number of nitrogens with one attached hydrogen (secondary N) is 1. The number of ether oxygens (including phenoxy) is 1. The molecule has 0 unspecified atom stereocenters. The Morgan fingerprint density at radius 2 is 2.10 bits per heavy atom. The number of nitriles is 1. The number of benzene rings is 1. The van der Waals surface area contributed by atoms with Crippen molar-refractivity contribution in [1.82, 2.24) is 9.88 Å². The van der Waals surface area contributed by atoms with Crippen molar-refractivity contribution in [2.24, 2.45) is 0 Å². The summed E-state index contributed by atoms with van der Waals surface area (Å²) in [6.07, 6.45) is 9.49. The van der Waals surface area contributed by atoms with Gasteiger partial charge < -0.3 is 19.9 Å². The molecule has 1 N–H and O–H groups in total. The monoisotopic (exact) mass is 413 g/mol. The Morgan fingerprint density at radius 3 is 2.81 bits per heavy atom. The van der Waals surface area contributed by atoms with E-state index in [1.807, 2.05) is 23.1 Å². The maximum atomic E-state index is 12.9. The van der Waals surface area contributed by atoms with Crippen LogP contribution < -0.4 is 15.0 Å². The van der Waals surface area contributed by atoms with E-state index in [-0.39, 0.29) is 11.4 Å². The van der Waals surface area contributed by atoms with Gasteiger partial charge >= 0.3 is 0 Å². The van der Waals surface area contributed by atoms with E-state index >= 15 is 0 Å². The Bertz CT molecular complexity index is 1120. The largest absolute Gasteiger partial charge is 0.497 e. The Hall–Kier alpha value is -3.79. The van der Waals surface area contributed by atoms with Gasteiger partial charge in [0.1, 0.15) is 17.5 Å². The summed E-state index contributed by atoms with van der Waals surface area (Å²) in [5.41, 5.74) is 4.04. The first-order valence-electron chi connectivity index (χ1n) is 10.4. The molecule has 1 spiro atoms. The number of aromatic nitrogens is 1. The number of piperidine rings is 1. The van der Waals surface area contributed by atoms with E-state index in [1.54, 1.807) is 19.2 Å². The molecule has 3 aliphatic heterocycles. The van der Waals surface area contributed by atoms with Crippen molar-refractivity contribution >= 4 is 17.3 Å². The summed E-state index contributed by atoms with van der Waals surface area (Å²) in [5.74, 6) is 0.729. The average molecular weight is 413 g/mol. The number of rotatable bonds is 2. The van der Waals surface area contributed by atoms with Gasteiger partial charge in [0, 0.05) is 37.6 Å². The minimum absolute atomic E-state index is 0.0911. The zero-order chi connectivity index (χ0) is 21.4. The molecule has 1 amide bonds. The zero-order valence-electron chi connectivity index (χ0n) is 17.3. The number of likely N-dealkylation sites (tertiary alicyclic amines) is 1. The molecule has 4 heterocycles. The molecule has 1 saturated heterocycles. The van der Waals surface area contributed by atoms with E-state index in [0.29, 0.717) is 24.3 Å². The molecular formula is C24H23N5O2. The van der Waals surface area contributed by atoms with Crippen LogP contribution in [0.15, 0.2) is 60.5 Å². The lowest BCUT2D eigenvalue weighted by Gasteiger charge is -2.52. The van der Waals surface area contributed by atoms with Crippen molar-refractivity contribution in [2.45, 2.75) is 18.4 Å². The van der Waals surface area contributed by atoms with Crippen LogP contribution in [0.3, 0.4) is 0 Å². The molecule has 5 rings (SSSR count). The lowest BCUT2D eigenvalue weighted by Crippen LogP contribution is -2.57. The second-order valence-electron chi connectivity index (χ2n) is 8.02. The van der Waals surface area contributed by atoms with Crippen LogP contribution in [0.2, 0.25) is 0 Å². The lowest BCUT2D eigenvalue weighted by molar-refractivity contribution is 0.0688. The third kappa shape index (κ3) is 3.21. The number of nitrogens with zero attached hydrogens (tertiary/aromatic N) is 4. The summed E-state index contributed by atoms with van der Waals surface area (Å²) in [5, 5.41) is 12.7. The molecule has 1 aromatic carbocycles. The summed E-state index contributed by atoms with van der Waals surface area (Å²) in [6, 6.07) is 11.4. The average Bonchev–Trinajstić information content (AvgIpc) is 2.84. The van der Waals surface area contributed by atoms with Gasteiger partial charge in [-0.3, -0.25) is 4.79 Å². The number of amides is 1. The molecule has 0 saturated carbocycles. The van der Waals surface area contributed by atoms with Crippen LogP contribution in [-0.2, 0) is 0 Å². The van der Waals surface area contributed by atoms with Crippen LogP contribution in [0.4, 0.5) is 11.4 Å². The van der Waals surface area contributed by atoms with Gasteiger partial charge in [0.05, 0.1) is 29.6 Å². The van der Waals surface area contributed by atoms with Gasteiger partial charge in [-0.15, -0.1) is 0 Å². The number of hydrogen-bond donors (Lipinski definition) is 1. The summed E-state index contributed by atoms with van der Waals surface area (Å²) in [4.78, 5) is 21.3. The number of carbonyl (C=O) groups excluding carboxylic acids is 1. The Morgan fingerprint density at radius 1 is 1.26 bits per heavy atom. The molecule has 3 aliphatic rings. The van der Waals surface area contributed by atoms with E-state index in [2.05, 4.69) is 39.5 Å². The Kier molecular flexibility index (Phi) is 4.63. The molecule has 0 atom stereocenters. The fourth-order valence-corrected chi connectivity index (χ4v) is 4.68. The Labute approximate surface area is 181 Å². The number of methoxy groups -OCH3 is 1. The number of anilines is 2. The van der Waals surface area contributed by atoms with Crippen LogP contribution in [0, 0.1) is 11.3 Å². The number of carbonyl (C=O) groups is 1. The topological polar surface area (TPSA) is 81.5 Å². The van der Waals surface area contributed by atoms with E-state index in [0.717, 1.165) is 36.5 Å². The molecule has 2 aromatic rings. The molecule has 0 aliphatic carbocycles. The smallest absolute Gasteiger partial charge is 0.272 e. The van der Waals surface area contributed by atoms with E-state index < -0.39 is 0 Å². The van der Waals surface area contributed by atoms with Crippen molar-refractivity contribution in [3.63, 3.8) is 0 Å². The van der Waals surface area contributed by atoms with Gasteiger partial charge in [0.25, 0.3) is 5.91 Å². The van der Waals surface area contributed by atoms with Crippen molar-refractivity contribution in [2.75, 3.05) is 37.0 Å². The van der Waals surface area contributed by atoms with E-state index in [1.165, 1.54) is 11.9 Å². The highest BCUT2D eigenvalue weighted by Crippen LogP contribution is 2.47. The van der Waals surface area contributed by atoms with Gasteiger partial charge in [-0.25, -0.2) is 4.98 Å². The van der Waals surface area contributed by atoms with Crippen molar-refractivity contribution in [3.05, 3.63) is 71.7 Å². The maximum Gasteiger partial charge on any atom is 0.272 e. The van der Waals surface area contributed by atoms with E-state index in [9.17, 15) is 4.79 Å². The van der Waals surface area contributed by atoms with E-state index in [4.69, 9.17) is 10.00 Å². The van der Waals surface area contributed by atoms with Gasteiger partial charge in [-0.05, 0) is 43.2 Å². The van der Waals surface area contributed by atoms with Crippen molar-refractivity contribution in [3.8, 4) is 11.8 Å². The Balaban J connectivity index is 1.40. The highest BCUT2D eigenvalue weighted by atomic mass is 16.5. The minimum Gasteiger partial charge on any atom is -0.497 e. The third-order valence-electron chi connectivity index (χ3n) is 6.34. The van der Waals surface area contributed by atoms with Crippen LogP contribution in [0.1, 0.15) is 28.9 Å². The van der Waals surface area contributed by atoms with Crippen LogP contribution in [0.25, 0.3) is 0 Å². The summed E-state index contributed by atoms with van der Waals surface area (Å²) >= 11 is 0. The molecule has 7 nitrogen and oxygen atoms in total. The zero-order valence-corrected chi connectivity index (χ0v) is 17.3. The van der Waals surface area contributed by atoms with Gasteiger partial charge in [0.2, 0.25) is 0 Å². The third-order valence-corrected chi connectivity index (χ3v) is 6.34. The van der Waals surface area contributed by atoms with Gasteiger partial charge in [-0.2, -0.15) is 5.26 Å². The molecule has 0 radical (unpaired) electrons. The number of allylic oxidation sites excluding steroid dienone is 2. The second kappa shape index (κ2) is 7.47. The van der Waals surface area contributed by atoms with Crippen molar-refractivity contribution in [1.29, 1.82) is 5.26 Å². The first-order chi connectivity index (χ1) is 15.1. The first kappa shape index (κ1) is 19.2. The fraction of sp³-hybridized carbons (Fsp3) is 0.292. The van der Waals surface area contributed by atoms with Crippen LogP contribution in [-0.4, -0.2) is 48.1 Å². The molecule has 156 valence electrons. The molecule has 0 bridgehead atoms. The van der Waals surface area contributed by atoms with Crippen LogP contribution >= 0.6 is 0 Å². The SMILES string of the molecule is COc1ccc2c(c1)NC1(CCN(C(=O)c3ccc(C#N)cn3)CC1)C1=CC=CCN12. The normalized spacial score (nSPS) is 18.4. The predicted molar refractivity (Wildman–Crippen MR) is 118 cm³/mol. The minimum atomic E-state index is -0.237. The first-order valence-corrected chi connectivity index (χ1v) is 10.4. The summed E-state index contributed by atoms with van der Waals surface area (Å²) < 4.78 is 5.44. The number of pyridine rings is 1. The lowest BCUT2D eigenvalue weighted by atomic mass is 9.80. The summed E-state index contributed by atoms with van der Waals surface area (Å²) in [6.45, 7) is 2.08. The van der Waals surface area contributed by atoms with Crippen molar-refractivity contribution < 1.29 is 9.53 Å². The molecular weight excluding hydrogens is 390 g/mol. The highest BCUT2D eigenvalue weighted by Gasteiger charge is 2.45. The van der Waals surface area contributed by atoms with Gasteiger partial charge in [0.15, 0.2) is 0 Å². The standard InChI is InChI=1S/C24H23N5O2/c1-31-18-6-8-21-20(14-18)27-24(22-4-2-3-11-29(21)22)9-12-28(13-10-24)23(30)19-7-5-17(15-25)16-26-19/h2-8,14,16,27H,9-13H2,1H3. The molecule has 1 fully saturated rings.